The first kappa shape index (κ1) is 15.7. The van der Waals surface area contributed by atoms with Gasteiger partial charge >= 0.3 is 0 Å². The number of nitrogens with one attached hydrogen (secondary N) is 1. The third kappa shape index (κ3) is 7.04. The van der Waals surface area contributed by atoms with E-state index in [4.69, 9.17) is 10.5 Å². The summed E-state index contributed by atoms with van der Waals surface area (Å²) in [4.78, 5) is 11.5. The van der Waals surface area contributed by atoms with Gasteiger partial charge in [-0.05, 0) is 32.6 Å². The van der Waals surface area contributed by atoms with Crippen molar-refractivity contribution in [3.8, 4) is 0 Å². The lowest BCUT2D eigenvalue weighted by Crippen LogP contribution is -2.32. The third-order valence-electron chi connectivity index (χ3n) is 2.61. The van der Waals surface area contributed by atoms with Gasteiger partial charge in [0.05, 0.1) is 12.5 Å². The number of halogens is 1. The molecule has 0 saturated carbocycles. The summed E-state index contributed by atoms with van der Waals surface area (Å²) in [5, 5.41) is 2.86. The topological polar surface area (TPSA) is 64.3 Å². The molecule has 0 bridgehead atoms. The van der Waals surface area contributed by atoms with Crippen LogP contribution >= 0.6 is 12.4 Å². The molecule has 0 aromatic rings. The van der Waals surface area contributed by atoms with E-state index in [9.17, 15) is 4.79 Å². The molecule has 2 unspecified atom stereocenters. The molecule has 1 rings (SSSR count). The second-order valence-corrected chi connectivity index (χ2v) is 4.31. The standard InChI is InChI=1S/C11H22N2O2.ClH/c1-9(12)5-6-13-11(14)8-10-4-2-3-7-15-10;/h9-10H,2-8,12H2,1H3,(H,13,14);1H. The lowest BCUT2D eigenvalue weighted by molar-refractivity contribution is -0.124. The zero-order valence-corrected chi connectivity index (χ0v) is 10.7. The van der Waals surface area contributed by atoms with Crippen molar-refractivity contribution < 1.29 is 9.53 Å². The molecule has 4 nitrogen and oxygen atoms in total. The Labute approximate surface area is 104 Å². The molecule has 1 heterocycles. The Morgan fingerprint density at radius 2 is 2.31 bits per heavy atom. The van der Waals surface area contributed by atoms with Crippen molar-refractivity contribution in [2.24, 2.45) is 5.73 Å². The molecule has 0 aromatic carbocycles. The van der Waals surface area contributed by atoms with E-state index in [1.54, 1.807) is 0 Å². The minimum atomic E-state index is 0. The SMILES string of the molecule is CC(N)CCNC(=O)CC1CCCCO1.Cl. The third-order valence-corrected chi connectivity index (χ3v) is 2.61. The highest BCUT2D eigenvalue weighted by Gasteiger charge is 2.17. The Bertz CT molecular complexity index is 194. The Kier molecular flexibility index (Phi) is 8.61. The molecule has 5 heteroatoms. The maximum atomic E-state index is 11.5. The predicted octanol–water partition coefficient (Wildman–Crippen LogP) is 1.22. The summed E-state index contributed by atoms with van der Waals surface area (Å²) >= 11 is 0. The highest BCUT2D eigenvalue weighted by molar-refractivity contribution is 5.85. The number of ether oxygens (including phenoxy) is 1. The van der Waals surface area contributed by atoms with Crippen LogP contribution in [0.1, 0.15) is 39.0 Å². The second kappa shape index (κ2) is 8.79. The van der Waals surface area contributed by atoms with Gasteiger partial charge in [-0.1, -0.05) is 0 Å². The zero-order valence-electron chi connectivity index (χ0n) is 9.91. The molecular weight excluding hydrogens is 228 g/mol. The molecular formula is C11H23ClN2O2. The van der Waals surface area contributed by atoms with E-state index < -0.39 is 0 Å². The first-order chi connectivity index (χ1) is 7.18. The number of carbonyl (C=O) groups excluding carboxylic acids is 1. The molecule has 16 heavy (non-hydrogen) atoms. The van der Waals surface area contributed by atoms with Gasteiger partial charge in [0.1, 0.15) is 0 Å². The molecule has 0 spiro atoms. The van der Waals surface area contributed by atoms with Crippen molar-refractivity contribution in [1.82, 2.24) is 5.32 Å². The molecule has 2 atom stereocenters. The van der Waals surface area contributed by atoms with Gasteiger partial charge in [-0.25, -0.2) is 0 Å². The smallest absolute Gasteiger partial charge is 0.222 e. The number of amides is 1. The summed E-state index contributed by atoms with van der Waals surface area (Å²) in [5.74, 6) is 0.0857. The summed E-state index contributed by atoms with van der Waals surface area (Å²) in [6.07, 6.45) is 4.78. The molecule has 0 aromatic heterocycles. The lowest BCUT2D eigenvalue weighted by atomic mass is 10.1. The van der Waals surface area contributed by atoms with Crippen LogP contribution in [0.15, 0.2) is 0 Å². The van der Waals surface area contributed by atoms with Gasteiger partial charge in [0, 0.05) is 19.2 Å². The first-order valence-electron chi connectivity index (χ1n) is 5.82. The Morgan fingerprint density at radius 1 is 1.56 bits per heavy atom. The lowest BCUT2D eigenvalue weighted by Gasteiger charge is -2.22. The fourth-order valence-electron chi connectivity index (χ4n) is 1.69. The van der Waals surface area contributed by atoms with Crippen LogP contribution in [-0.2, 0) is 9.53 Å². The molecule has 1 saturated heterocycles. The number of hydrogen-bond donors (Lipinski definition) is 2. The molecule has 1 fully saturated rings. The van der Waals surface area contributed by atoms with Crippen LogP contribution in [0.4, 0.5) is 0 Å². The van der Waals surface area contributed by atoms with Gasteiger partial charge in [-0.15, -0.1) is 12.4 Å². The first-order valence-corrected chi connectivity index (χ1v) is 5.82. The summed E-state index contributed by atoms with van der Waals surface area (Å²) in [7, 11) is 0. The maximum Gasteiger partial charge on any atom is 0.222 e. The largest absolute Gasteiger partial charge is 0.378 e. The van der Waals surface area contributed by atoms with Gasteiger partial charge in [0.25, 0.3) is 0 Å². The minimum absolute atomic E-state index is 0. The molecule has 96 valence electrons. The van der Waals surface area contributed by atoms with E-state index in [0.717, 1.165) is 25.9 Å². The summed E-state index contributed by atoms with van der Waals surface area (Å²) in [5.41, 5.74) is 5.59. The van der Waals surface area contributed by atoms with Crippen molar-refractivity contribution in [2.75, 3.05) is 13.2 Å². The van der Waals surface area contributed by atoms with E-state index in [-0.39, 0.29) is 30.5 Å². The summed E-state index contributed by atoms with van der Waals surface area (Å²) < 4.78 is 5.49. The van der Waals surface area contributed by atoms with Crippen LogP contribution in [-0.4, -0.2) is 31.2 Å². The van der Waals surface area contributed by atoms with E-state index in [1.807, 2.05) is 6.92 Å². The quantitative estimate of drug-likeness (QED) is 0.771. The van der Waals surface area contributed by atoms with Gasteiger partial charge in [-0.2, -0.15) is 0 Å². The number of nitrogens with two attached hydrogens (primary N) is 1. The number of hydrogen-bond acceptors (Lipinski definition) is 3. The number of rotatable bonds is 5. The fraction of sp³-hybridized carbons (Fsp3) is 0.909. The van der Waals surface area contributed by atoms with Crippen molar-refractivity contribution in [1.29, 1.82) is 0 Å². The molecule has 0 radical (unpaired) electrons. The minimum Gasteiger partial charge on any atom is -0.378 e. The Morgan fingerprint density at radius 3 is 2.88 bits per heavy atom. The normalized spacial score (nSPS) is 22.0. The van der Waals surface area contributed by atoms with Crippen LogP contribution in [0.25, 0.3) is 0 Å². The van der Waals surface area contributed by atoms with Crippen LogP contribution < -0.4 is 11.1 Å². The van der Waals surface area contributed by atoms with Gasteiger partial charge in [0.2, 0.25) is 5.91 Å². The number of carbonyl (C=O) groups is 1. The second-order valence-electron chi connectivity index (χ2n) is 4.31. The Hall–Kier alpha value is -0.320. The van der Waals surface area contributed by atoms with Crippen LogP contribution in [0.5, 0.6) is 0 Å². The van der Waals surface area contributed by atoms with E-state index >= 15 is 0 Å². The van der Waals surface area contributed by atoms with Crippen molar-refractivity contribution in [3.05, 3.63) is 0 Å². The van der Waals surface area contributed by atoms with Crippen molar-refractivity contribution in [3.63, 3.8) is 0 Å². The molecule has 3 N–H and O–H groups in total. The van der Waals surface area contributed by atoms with Crippen LogP contribution in [0.2, 0.25) is 0 Å². The van der Waals surface area contributed by atoms with E-state index in [0.29, 0.717) is 13.0 Å². The highest BCUT2D eigenvalue weighted by Crippen LogP contribution is 2.15. The van der Waals surface area contributed by atoms with Gasteiger partial charge < -0.3 is 15.8 Å². The average molecular weight is 251 g/mol. The van der Waals surface area contributed by atoms with Gasteiger partial charge in [0.15, 0.2) is 0 Å². The molecule has 1 amide bonds. The summed E-state index contributed by atoms with van der Waals surface area (Å²) in [6, 6.07) is 0.149. The predicted molar refractivity (Wildman–Crippen MR) is 66.7 cm³/mol. The fourth-order valence-corrected chi connectivity index (χ4v) is 1.69. The van der Waals surface area contributed by atoms with Gasteiger partial charge in [-0.3, -0.25) is 4.79 Å². The Balaban J connectivity index is 0.00000225. The molecule has 0 aliphatic carbocycles. The van der Waals surface area contributed by atoms with Crippen LogP contribution in [0, 0.1) is 0 Å². The average Bonchev–Trinajstić information content (AvgIpc) is 2.18. The monoisotopic (exact) mass is 250 g/mol. The maximum absolute atomic E-state index is 11.5. The molecule has 1 aliphatic rings. The van der Waals surface area contributed by atoms with E-state index in [2.05, 4.69) is 5.32 Å². The highest BCUT2D eigenvalue weighted by atomic mass is 35.5. The zero-order chi connectivity index (χ0) is 11.1. The van der Waals surface area contributed by atoms with Crippen molar-refractivity contribution in [2.45, 2.75) is 51.2 Å². The van der Waals surface area contributed by atoms with E-state index in [1.165, 1.54) is 6.42 Å². The summed E-state index contributed by atoms with van der Waals surface area (Å²) in [6.45, 7) is 3.41. The van der Waals surface area contributed by atoms with Crippen molar-refractivity contribution >= 4 is 18.3 Å². The molecule has 1 aliphatic heterocycles. The van der Waals surface area contributed by atoms with Crippen LogP contribution in [0.3, 0.4) is 0 Å².